The molecule has 1 atom stereocenters. The van der Waals surface area contributed by atoms with Crippen LogP contribution in [0.15, 0.2) is 6.07 Å². The van der Waals surface area contributed by atoms with Crippen molar-refractivity contribution in [3.63, 3.8) is 0 Å². The lowest BCUT2D eigenvalue weighted by atomic mass is 9.92. The fourth-order valence-corrected chi connectivity index (χ4v) is 2.61. The van der Waals surface area contributed by atoms with Crippen LogP contribution in [0.3, 0.4) is 0 Å². The maximum Gasteiger partial charge on any atom is 0.135 e. The molecule has 2 heterocycles. The standard InChI is InChI=1S/C15H26N4O/c1-10(2)15-17-13(16-4)9-14(18-15)19-7-5-12(6-8-19)11(3)20/h9-12,20H,5-8H2,1-4H3,(H,16,17,18). The molecule has 1 aliphatic rings. The monoisotopic (exact) mass is 278 g/mol. The van der Waals surface area contributed by atoms with Crippen molar-refractivity contribution in [1.29, 1.82) is 0 Å². The summed E-state index contributed by atoms with van der Waals surface area (Å²) in [5, 5.41) is 12.8. The van der Waals surface area contributed by atoms with Gasteiger partial charge in [-0.2, -0.15) is 0 Å². The molecule has 0 bridgehead atoms. The van der Waals surface area contributed by atoms with E-state index in [1.54, 1.807) is 0 Å². The summed E-state index contributed by atoms with van der Waals surface area (Å²) in [4.78, 5) is 11.5. The summed E-state index contributed by atoms with van der Waals surface area (Å²) < 4.78 is 0. The van der Waals surface area contributed by atoms with E-state index in [0.29, 0.717) is 11.8 Å². The van der Waals surface area contributed by atoms with Crippen molar-refractivity contribution >= 4 is 11.6 Å². The molecule has 1 fully saturated rings. The molecule has 2 N–H and O–H groups in total. The normalized spacial score (nSPS) is 18.4. The summed E-state index contributed by atoms with van der Waals surface area (Å²) >= 11 is 0. The third-order valence-electron chi connectivity index (χ3n) is 4.05. The number of rotatable bonds is 4. The first kappa shape index (κ1) is 15.0. The maximum absolute atomic E-state index is 9.68. The molecule has 1 aromatic heterocycles. The van der Waals surface area contributed by atoms with Gasteiger partial charge in [-0.05, 0) is 25.7 Å². The van der Waals surface area contributed by atoms with Crippen LogP contribution in [0.1, 0.15) is 45.4 Å². The van der Waals surface area contributed by atoms with Crippen molar-refractivity contribution < 1.29 is 5.11 Å². The van der Waals surface area contributed by atoms with E-state index in [0.717, 1.165) is 43.4 Å². The molecule has 0 aromatic carbocycles. The van der Waals surface area contributed by atoms with E-state index in [1.807, 2.05) is 20.0 Å². The average Bonchev–Trinajstić information content (AvgIpc) is 2.46. The highest BCUT2D eigenvalue weighted by Crippen LogP contribution is 2.26. The zero-order valence-electron chi connectivity index (χ0n) is 12.9. The second kappa shape index (κ2) is 6.39. The Hall–Kier alpha value is -1.36. The number of aliphatic hydroxyl groups excluding tert-OH is 1. The van der Waals surface area contributed by atoms with Gasteiger partial charge < -0.3 is 15.3 Å². The van der Waals surface area contributed by atoms with Crippen LogP contribution in [0.4, 0.5) is 11.6 Å². The Labute approximate surface area is 121 Å². The van der Waals surface area contributed by atoms with Gasteiger partial charge in [-0.1, -0.05) is 13.8 Å². The van der Waals surface area contributed by atoms with Gasteiger partial charge >= 0.3 is 0 Å². The van der Waals surface area contributed by atoms with E-state index in [4.69, 9.17) is 0 Å². The van der Waals surface area contributed by atoms with E-state index in [9.17, 15) is 5.11 Å². The van der Waals surface area contributed by atoms with E-state index >= 15 is 0 Å². The van der Waals surface area contributed by atoms with Crippen molar-refractivity contribution in [3.05, 3.63) is 11.9 Å². The SMILES string of the molecule is CNc1cc(N2CCC(C(C)O)CC2)nc(C(C)C)n1. The van der Waals surface area contributed by atoms with Gasteiger partial charge in [0, 0.05) is 32.1 Å². The molecule has 112 valence electrons. The fourth-order valence-electron chi connectivity index (χ4n) is 2.61. The van der Waals surface area contributed by atoms with Crippen molar-refractivity contribution in [1.82, 2.24) is 9.97 Å². The number of anilines is 2. The highest BCUT2D eigenvalue weighted by molar-refractivity contribution is 5.49. The molecule has 1 unspecified atom stereocenters. The maximum atomic E-state index is 9.68. The number of hydrogen-bond acceptors (Lipinski definition) is 5. The molecule has 0 amide bonds. The van der Waals surface area contributed by atoms with Crippen LogP contribution in [0.5, 0.6) is 0 Å². The van der Waals surface area contributed by atoms with Crippen molar-refractivity contribution in [2.24, 2.45) is 5.92 Å². The van der Waals surface area contributed by atoms with E-state index in [-0.39, 0.29) is 6.10 Å². The average molecular weight is 278 g/mol. The highest BCUT2D eigenvalue weighted by Gasteiger charge is 2.24. The Morgan fingerprint density at radius 1 is 1.25 bits per heavy atom. The van der Waals surface area contributed by atoms with Crippen molar-refractivity contribution in [3.8, 4) is 0 Å². The zero-order chi connectivity index (χ0) is 14.7. The second-order valence-electron chi connectivity index (χ2n) is 5.94. The summed E-state index contributed by atoms with van der Waals surface area (Å²) in [6, 6.07) is 2.01. The largest absolute Gasteiger partial charge is 0.393 e. The minimum Gasteiger partial charge on any atom is -0.393 e. The molecule has 0 spiro atoms. The first-order chi connectivity index (χ1) is 9.51. The number of piperidine rings is 1. The van der Waals surface area contributed by atoms with E-state index in [2.05, 4.69) is 34.0 Å². The molecule has 0 saturated carbocycles. The smallest absolute Gasteiger partial charge is 0.135 e. The number of nitrogens with zero attached hydrogens (tertiary/aromatic N) is 3. The van der Waals surface area contributed by atoms with Gasteiger partial charge in [-0.15, -0.1) is 0 Å². The van der Waals surface area contributed by atoms with Crippen LogP contribution >= 0.6 is 0 Å². The lowest BCUT2D eigenvalue weighted by molar-refractivity contribution is 0.110. The topological polar surface area (TPSA) is 61.3 Å². The number of nitrogens with one attached hydrogen (secondary N) is 1. The van der Waals surface area contributed by atoms with Crippen molar-refractivity contribution in [2.45, 2.75) is 45.6 Å². The third kappa shape index (κ3) is 3.39. The van der Waals surface area contributed by atoms with Gasteiger partial charge in [-0.3, -0.25) is 0 Å². The Kier molecular flexibility index (Phi) is 4.81. The number of hydrogen-bond donors (Lipinski definition) is 2. The number of aliphatic hydroxyl groups is 1. The zero-order valence-corrected chi connectivity index (χ0v) is 12.9. The van der Waals surface area contributed by atoms with Gasteiger partial charge in [-0.25, -0.2) is 9.97 Å². The summed E-state index contributed by atoms with van der Waals surface area (Å²) in [5.74, 6) is 3.48. The molecule has 0 aliphatic carbocycles. The highest BCUT2D eigenvalue weighted by atomic mass is 16.3. The molecule has 1 saturated heterocycles. The summed E-state index contributed by atoms with van der Waals surface area (Å²) in [7, 11) is 1.88. The Morgan fingerprint density at radius 3 is 2.40 bits per heavy atom. The molecule has 1 aliphatic heterocycles. The van der Waals surface area contributed by atoms with Gasteiger partial charge in [0.2, 0.25) is 0 Å². The van der Waals surface area contributed by atoms with E-state index < -0.39 is 0 Å². The summed E-state index contributed by atoms with van der Waals surface area (Å²) in [6.45, 7) is 8.01. The Morgan fingerprint density at radius 2 is 1.90 bits per heavy atom. The molecule has 0 radical (unpaired) electrons. The first-order valence-electron chi connectivity index (χ1n) is 7.51. The van der Waals surface area contributed by atoms with Crippen LogP contribution < -0.4 is 10.2 Å². The second-order valence-corrected chi connectivity index (χ2v) is 5.94. The predicted octanol–water partition coefficient (Wildman–Crippen LogP) is 2.24. The van der Waals surface area contributed by atoms with Crippen LogP contribution in [-0.4, -0.2) is 41.3 Å². The summed E-state index contributed by atoms with van der Waals surface area (Å²) in [6.07, 6.45) is 1.84. The predicted molar refractivity (Wildman–Crippen MR) is 82.3 cm³/mol. The van der Waals surface area contributed by atoms with Crippen LogP contribution in [0.2, 0.25) is 0 Å². The van der Waals surface area contributed by atoms with Gasteiger partial charge in [0.25, 0.3) is 0 Å². The quantitative estimate of drug-likeness (QED) is 0.884. The van der Waals surface area contributed by atoms with Gasteiger partial charge in [0.1, 0.15) is 17.5 Å². The Bertz CT molecular complexity index is 439. The molecule has 2 rings (SSSR count). The first-order valence-corrected chi connectivity index (χ1v) is 7.51. The molecule has 5 heteroatoms. The number of aromatic nitrogens is 2. The van der Waals surface area contributed by atoms with Crippen LogP contribution in [0, 0.1) is 5.92 Å². The van der Waals surface area contributed by atoms with Gasteiger partial charge in [0.15, 0.2) is 0 Å². The lowest BCUT2D eigenvalue weighted by Crippen LogP contribution is -2.37. The molecule has 5 nitrogen and oxygen atoms in total. The minimum atomic E-state index is -0.207. The lowest BCUT2D eigenvalue weighted by Gasteiger charge is -2.34. The van der Waals surface area contributed by atoms with Gasteiger partial charge in [0.05, 0.1) is 6.10 Å². The third-order valence-corrected chi connectivity index (χ3v) is 4.05. The van der Waals surface area contributed by atoms with Crippen LogP contribution in [-0.2, 0) is 0 Å². The molecular formula is C15H26N4O. The fraction of sp³-hybridized carbons (Fsp3) is 0.733. The van der Waals surface area contributed by atoms with Crippen molar-refractivity contribution in [2.75, 3.05) is 30.4 Å². The Balaban J connectivity index is 2.15. The molecule has 20 heavy (non-hydrogen) atoms. The summed E-state index contributed by atoms with van der Waals surface area (Å²) in [5.41, 5.74) is 0. The molecule has 1 aromatic rings. The van der Waals surface area contributed by atoms with Crippen LogP contribution in [0.25, 0.3) is 0 Å². The van der Waals surface area contributed by atoms with E-state index in [1.165, 1.54) is 0 Å². The minimum absolute atomic E-state index is 0.207. The molecular weight excluding hydrogens is 252 g/mol.